The number of sulfone groups is 1. The lowest BCUT2D eigenvalue weighted by Gasteiger charge is -2.05. The molecule has 0 aliphatic rings. The first-order valence-electron chi connectivity index (χ1n) is 5.65. The lowest BCUT2D eigenvalue weighted by Crippen LogP contribution is -2.15. The second kappa shape index (κ2) is 7.48. The van der Waals surface area contributed by atoms with E-state index in [1.54, 1.807) is 7.11 Å². The summed E-state index contributed by atoms with van der Waals surface area (Å²) in [6.45, 7) is 0.494. The molecule has 1 aromatic carbocycles. The van der Waals surface area contributed by atoms with E-state index >= 15 is 0 Å². The SMILES string of the molecule is COc1ccc([N]CCCS(=O)(=O)CCCl)cc1. The van der Waals surface area contributed by atoms with Crippen LogP contribution in [-0.4, -0.2) is 39.5 Å². The number of hydrogen-bond acceptors (Lipinski definition) is 3. The third kappa shape index (κ3) is 5.60. The van der Waals surface area contributed by atoms with Gasteiger partial charge < -0.3 is 4.74 Å². The molecule has 6 heteroatoms. The molecule has 1 rings (SSSR count). The van der Waals surface area contributed by atoms with E-state index in [2.05, 4.69) is 5.32 Å². The minimum Gasteiger partial charge on any atom is -0.497 e. The van der Waals surface area contributed by atoms with Gasteiger partial charge in [-0.3, -0.25) is 5.32 Å². The molecule has 0 aromatic heterocycles. The Morgan fingerprint density at radius 2 is 1.89 bits per heavy atom. The Morgan fingerprint density at radius 3 is 2.44 bits per heavy atom. The van der Waals surface area contributed by atoms with Gasteiger partial charge in [0, 0.05) is 12.4 Å². The van der Waals surface area contributed by atoms with Crippen LogP contribution in [-0.2, 0) is 9.84 Å². The van der Waals surface area contributed by atoms with Crippen LogP contribution in [0.2, 0.25) is 0 Å². The molecule has 1 aromatic rings. The summed E-state index contributed by atoms with van der Waals surface area (Å²) in [4.78, 5) is 0. The summed E-state index contributed by atoms with van der Waals surface area (Å²) < 4.78 is 27.8. The predicted octanol–water partition coefficient (Wildman–Crippen LogP) is 1.97. The molecule has 0 aliphatic carbocycles. The van der Waals surface area contributed by atoms with Crippen molar-refractivity contribution in [3.8, 4) is 5.75 Å². The zero-order chi connectivity index (χ0) is 13.4. The molecule has 0 atom stereocenters. The highest BCUT2D eigenvalue weighted by Gasteiger charge is 2.09. The van der Waals surface area contributed by atoms with Gasteiger partial charge in [0.1, 0.15) is 5.75 Å². The third-order valence-electron chi connectivity index (χ3n) is 2.37. The second-order valence-corrected chi connectivity index (χ2v) is 6.46. The summed E-state index contributed by atoms with van der Waals surface area (Å²) in [5, 5.41) is 4.29. The maximum absolute atomic E-state index is 11.4. The van der Waals surface area contributed by atoms with Gasteiger partial charge in [0.25, 0.3) is 0 Å². The standard InChI is InChI=1S/C12H17ClNO3S/c1-17-12-5-3-11(4-6-12)14-8-2-9-18(15,16)10-7-13/h3-6H,2,7-10H2,1H3. The Kier molecular flexibility index (Phi) is 6.29. The van der Waals surface area contributed by atoms with E-state index in [9.17, 15) is 8.42 Å². The summed E-state index contributed by atoms with van der Waals surface area (Å²) in [6, 6.07) is 7.32. The number of halogens is 1. The summed E-state index contributed by atoms with van der Waals surface area (Å²) in [6.07, 6.45) is 0.519. The monoisotopic (exact) mass is 290 g/mol. The van der Waals surface area contributed by atoms with Crippen LogP contribution in [0.5, 0.6) is 5.75 Å². The van der Waals surface area contributed by atoms with Crippen LogP contribution in [0.25, 0.3) is 0 Å². The molecule has 0 bridgehead atoms. The molecule has 1 radical (unpaired) electrons. The topological polar surface area (TPSA) is 57.5 Å². The van der Waals surface area contributed by atoms with Crippen molar-refractivity contribution < 1.29 is 13.2 Å². The summed E-state index contributed by atoms with van der Waals surface area (Å²) in [5.74, 6) is 1.10. The zero-order valence-corrected chi connectivity index (χ0v) is 11.9. The van der Waals surface area contributed by atoms with Crippen LogP contribution in [0, 0.1) is 0 Å². The first kappa shape index (κ1) is 15.1. The quantitative estimate of drug-likeness (QED) is 0.543. The molecular formula is C12H17ClNO3S. The van der Waals surface area contributed by atoms with Crippen LogP contribution in [0.3, 0.4) is 0 Å². The molecular weight excluding hydrogens is 274 g/mol. The molecule has 0 aliphatic heterocycles. The first-order valence-corrected chi connectivity index (χ1v) is 8.01. The third-order valence-corrected chi connectivity index (χ3v) is 4.52. The number of ether oxygens (including phenoxy) is 1. The van der Waals surface area contributed by atoms with Crippen molar-refractivity contribution in [3.05, 3.63) is 24.3 Å². The maximum atomic E-state index is 11.4. The largest absolute Gasteiger partial charge is 0.497 e. The highest BCUT2D eigenvalue weighted by molar-refractivity contribution is 7.91. The molecule has 0 spiro atoms. The molecule has 18 heavy (non-hydrogen) atoms. The van der Waals surface area contributed by atoms with Crippen molar-refractivity contribution in [3.63, 3.8) is 0 Å². The van der Waals surface area contributed by atoms with Crippen molar-refractivity contribution in [1.82, 2.24) is 5.32 Å². The van der Waals surface area contributed by atoms with E-state index in [-0.39, 0.29) is 17.4 Å². The van der Waals surface area contributed by atoms with Crippen LogP contribution >= 0.6 is 11.6 Å². The highest BCUT2D eigenvalue weighted by Crippen LogP contribution is 2.14. The first-order chi connectivity index (χ1) is 8.57. The molecule has 0 N–H and O–H groups in total. The fraction of sp³-hybridized carbons (Fsp3) is 0.500. The Bertz CT molecular complexity index is 445. The Balaban J connectivity index is 2.29. The van der Waals surface area contributed by atoms with Crippen molar-refractivity contribution in [2.75, 3.05) is 31.0 Å². The molecule has 0 unspecified atom stereocenters. The lowest BCUT2D eigenvalue weighted by atomic mass is 10.3. The zero-order valence-electron chi connectivity index (χ0n) is 10.3. The van der Waals surface area contributed by atoms with Crippen LogP contribution in [0.1, 0.15) is 6.42 Å². The summed E-state index contributed by atoms with van der Waals surface area (Å²) >= 11 is 5.41. The van der Waals surface area contributed by atoms with Crippen molar-refractivity contribution in [2.24, 2.45) is 0 Å². The molecule has 4 nitrogen and oxygen atoms in total. The van der Waals surface area contributed by atoms with Crippen molar-refractivity contribution >= 4 is 27.1 Å². The number of rotatable bonds is 8. The minimum atomic E-state index is -3.01. The average molecular weight is 291 g/mol. The van der Waals surface area contributed by atoms with Gasteiger partial charge in [0.15, 0.2) is 9.84 Å². The Labute approximate surface area is 113 Å². The summed E-state index contributed by atoms with van der Waals surface area (Å²) in [5.41, 5.74) is 0.825. The van der Waals surface area contributed by atoms with E-state index in [1.807, 2.05) is 24.3 Å². The Hall–Kier alpha value is -0.940. The van der Waals surface area contributed by atoms with E-state index in [0.717, 1.165) is 11.4 Å². The minimum absolute atomic E-state index is 0.0388. The average Bonchev–Trinajstić information content (AvgIpc) is 2.35. The molecule has 0 amide bonds. The van der Waals surface area contributed by atoms with Gasteiger partial charge in [-0.2, -0.15) is 0 Å². The molecule has 101 valence electrons. The van der Waals surface area contributed by atoms with Crippen molar-refractivity contribution in [2.45, 2.75) is 6.42 Å². The number of nitrogens with zero attached hydrogens (tertiary/aromatic N) is 1. The highest BCUT2D eigenvalue weighted by atomic mass is 35.5. The number of hydrogen-bond donors (Lipinski definition) is 0. The normalized spacial score (nSPS) is 11.2. The van der Waals surface area contributed by atoms with Crippen LogP contribution < -0.4 is 10.1 Å². The Morgan fingerprint density at radius 1 is 1.22 bits per heavy atom. The predicted molar refractivity (Wildman–Crippen MR) is 73.6 cm³/mol. The van der Waals surface area contributed by atoms with E-state index in [4.69, 9.17) is 16.3 Å². The number of alkyl halides is 1. The van der Waals surface area contributed by atoms with Gasteiger partial charge in [0.05, 0.1) is 24.3 Å². The van der Waals surface area contributed by atoms with Gasteiger partial charge in [-0.25, -0.2) is 8.42 Å². The van der Waals surface area contributed by atoms with Gasteiger partial charge in [-0.15, -0.1) is 11.6 Å². The summed E-state index contributed by atoms with van der Waals surface area (Å²) in [7, 11) is -1.40. The van der Waals surface area contributed by atoms with Gasteiger partial charge in [-0.1, -0.05) is 0 Å². The van der Waals surface area contributed by atoms with E-state index in [0.29, 0.717) is 13.0 Å². The number of benzene rings is 1. The molecule has 0 saturated carbocycles. The maximum Gasteiger partial charge on any atom is 0.151 e. The van der Waals surface area contributed by atoms with E-state index in [1.165, 1.54) is 0 Å². The smallest absolute Gasteiger partial charge is 0.151 e. The van der Waals surface area contributed by atoms with Gasteiger partial charge in [-0.05, 0) is 30.7 Å². The van der Waals surface area contributed by atoms with Crippen molar-refractivity contribution in [1.29, 1.82) is 0 Å². The van der Waals surface area contributed by atoms with E-state index < -0.39 is 9.84 Å². The van der Waals surface area contributed by atoms with Gasteiger partial charge in [0.2, 0.25) is 0 Å². The number of methoxy groups -OCH3 is 1. The molecule has 0 heterocycles. The fourth-order valence-corrected chi connectivity index (χ4v) is 3.11. The second-order valence-electron chi connectivity index (χ2n) is 3.77. The van der Waals surface area contributed by atoms with Crippen LogP contribution in [0.4, 0.5) is 5.69 Å². The fourth-order valence-electron chi connectivity index (χ4n) is 1.40. The van der Waals surface area contributed by atoms with Gasteiger partial charge >= 0.3 is 0 Å². The lowest BCUT2D eigenvalue weighted by molar-refractivity contribution is 0.415. The van der Waals surface area contributed by atoms with Crippen LogP contribution in [0.15, 0.2) is 24.3 Å². The molecule has 0 saturated heterocycles. The molecule has 0 fully saturated rings.